The maximum atomic E-state index is 12.7. The summed E-state index contributed by atoms with van der Waals surface area (Å²) in [7, 11) is 0. The summed E-state index contributed by atoms with van der Waals surface area (Å²) < 4.78 is 0. The van der Waals surface area contributed by atoms with Crippen LogP contribution in [-0.2, 0) is 4.79 Å². The number of carbonyl (C=O) groups excluding carboxylic acids is 1. The number of thioether (sulfide) groups is 1. The highest BCUT2D eigenvalue weighted by Gasteiger charge is 2.26. The first kappa shape index (κ1) is 19.2. The number of nitrogens with one attached hydrogen (secondary N) is 1. The fourth-order valence-electron chi connectivity index (χ4n) is 3.15. The minimum Gasteiger partial charge on any atom is -0.354 e. The normalized spacial score (nSPS) is 15.8. The smallest absolute Gasteiger partial charge is 0.241 e. The van der Waals surface area contributed by atoms with Crippen LogP contribution in [0.1, 0.15) is 12.5 Å². The van der Waals surface area contributed by atoms with Gasteiger partial charge in [-0.2, -0.15) is 5.26 Å². The van der Waals surface area contributed by atoms with E-state index >= 15 is 0 Å². The molecule has 0 spiro atoms. The number of aromatic nitrogens is 1. The van der Waals surface area contributed by atoms with Crippen molar-refractivity contribution >= 4 is 29.2 Å². The molecule has 0 radical (unpaired) electrons. The van der Waals surface area contributed by atoms with Crippen molar-refractivity contribution in [3.63, 3.8) is 0 Å². The molecule has 1 unspecified atom stereocenters. The number of pyridine rings is 1. The molecule has 3 rings (SSSR count). The van der Waals surface area contributed by atoms with Gasteiger partial charge in [-0.1, -0.05) is 12.1 Å². The van der Waals surface area contributed by atoms with E-state index in [9.17, 15) is 4.79 Å². The van der Waals surface area contributed by atoms with E-state index in [2.05, 4.69) is 26.2 Å². The molecule has 1 aliphatic rings. The van der Waals surface area contributed by atoms with Crippen LogP contribution in [-0.4, -0.2) is 54.3 Å². The fourth-order valence-corrected chi connectivity index (χ4v) is 3.70. The van der Waals surface area contributed by atoms with Gasteiger partial charge in [0.05, 0.1) is 23.4 Å². The molecule has 1 aromatic carbocycles. The molecule has 2 aromatic rings. The molecule has 27 heavy (non-hydrogen) atoms. The van der Waals surface area contributed by atoms with Gasteiger partial charge in [0.1, 0.15) is 5.82 Å². The third-order valence-corrected chi connectivity index (χ3v) is 5.60. The Bertz CT molecular complexity index is 842. The quantitative estimate of drug-likeness (QED) is 0.803. The molecule has 1 atom stereocenters. The van der Waals surface area contributed by atoms with E-state index in [0.717, 1.165) is 42.6 Å². The van der Waals surface area contributed by atoms with Crippen LogP contribution in [0.5, 0.6) is 0 Å². The van der Waals surface area contributed by atoms with E-state index in [0.29, 0.717) is 5.56 Å². The maximum Gasteiger partial charge on any atom is 0.241 e. The highest BCUT2D eigenvalue weighted by Crippen LogP contribution is 2.25. The second-order valence-electron chi connectivity index (χ2n) is 6.40. The van der Waals surface area contributed by atoms with Crippen LogP contribution in [0.3, 0.4) is 0 Å². The van der Waals surface area contributed by atoms with Gasteiger partial charge in [-0.15, -0.1) is 11.8 Å². The third kappa shape index (κ3) is 4.59. The molecule has 1 fully saturated rings. The molecule has 1 saturated heterocycles. The molecule has 2 heterocycles. The van der Waals surface area contributed by atoms with Gasteiger partial charge < -0.3 is 10.2 Å². The molecular formula is C20H23N5OS. The van der Waals surface area contributed by atoms with Crippen molar-refractivity contribution in [3.8, 4) is 6.07 Å². The number of piperazine rings is 1. The Kier molecular flexibility index (Phi) is 6.32. The molecule has 0 aliphatic carbocycles. The predicted octanol–water partition coefficient (Wildman–Crippen LogP) is 2.82. The number of nitrogens with zero attached hydrogens (tertiary/aromatic N) is 4. The first-order valence-corrected chi connectivity index (χ1v) is 10.1. The van der Waals surface area contributed by atoms with E-state index < -0.39 is 0 Å². The van der Waals surface area contributed by atoms with Crippen LogP contribution >= 0.6 is 11.8 Å². The molecule has 0 saturated carbocycles. The molecule has 0 bridgehead atoms. The van der Waals surface area contributed by atoms with Crippen LogP contribution < -0.4 is 10.2 Å². The monoisotopic (exact) mass is 381 g/mol. The molecular weight excluding hydrogens is 358 g/mol. The third-order valence-electron chi connectivity index (χ3n) is 4.80. The lowest BCUT2D eigenvalue weighted by Crippen LogP contribution is -2.53. The minimum atomic E-state index is -0.208. The van der Waals surface area contributed by atoms with Crippen LogP contribution in [0.15, 0.2) is 47.5 Å². The van der Waals surface area contributed by atoms with Gasteiger partial charge in [-0.3, -0.25) is 9.69 Å². The zero-order valence-electron chi connectivity index (χ0n) is 15.6. The Labute approximate surface area is 164 Å². The molecule has 1 aliphatic heterocycles. The lowest BCUT2D eigenvalue weighted by Gasteiger charge is -2.38. The topological polar surface area (TPSA) is 72.3 Å². The summed E-state index contributed by atoms with van der Waals surface area (Å²) in [5.74, 6) is 0.828. The molecule has 6 nitrogen and oxygen atoms in total. The van der Waals surface area contributed by atoms with Crippen molar-refractivity contribution in [1.29, 1.82) is 5.26 Å². The Morgan fingerprint density at radius 2 is 2.00 bits per heavy atom. The Hall–Kier alpha value is -2.56. The fraction of sp³-hybridized carbons (Fsp3) is 0.350. The van der Waals surface area contributed by atoms with Crippen molar-refractivity contribution in [3.05, 3.63) is 48.2 Å². The second-order valence-corrected chi connectivity index (χ2v) is 7.25. The lowest BCUT2D eigenvalue weighted by atomic mass is 10.2. The first-order valence-electron chi connectivity index (χ1n) is 8.91. The van der Waals surface area contributed by atoms with Crippen molar-refractivity contribution < 1.29 is 4.79 Å². The summed E-state index contributed by atoms with van der Waals surface area (Å²) in [6.07, 6.45) is 3.67. The standard InChI is InChI=1S/C20H23N5OS/c1-15(20(26)23-17-5-3-4-6-18(17)27-2)24-9-11-25(12-10-24)19-13-16(14-21)7-8-22-19/h3-8,13,15H,9-12H2,1-2H3,(H,23,26). The van der Waals surface area contributed by atoms with E-state index in [1.165, 1.54) is 0 Å². The van der Waals surface area contributed by atoms with Gasteiger partial charge >= 0.3 is 0 Å². The van der Waals surface area contributed by atoms with Gasteiger partial charge in [0, 0.05) is 37.3 Å². The first-order chi connectivity index (χ1) is 13.1. The zero-order chi connectivity index (χ0) is 19.2. The van der Waals surface area contributed by atoms with Crippen molar-refractivity contribution in [2.45, 2.75) is 17.9 Å². The summed E-state index contributed by atoms with van der Waals surface area (Å²) in [5.41, 5.74) is 1.47. The van der Waals surface area contributed by atoms with Crippen molar-refractivity contribution in [2.24, 2.45) is 0 Å². The molecule has 140 valence electrons. The lowest BCUT2D eigenvalue weighted by molar-refractivity contribution is -0.120. The number of amides is 1. The van der Waals surface area contributed by atoms with Crippen LogP contribution in [0, 0.1) is 11.3 Å². The molecule has 7 heteroatoms. The second kappa shape index (κ2) is 8.89. The number of carbonyl (C=O) groups is 1. The predicted molar refractivity (Wildman–Crippen MR) is 109 cm³/mol. The summed E-state index contributed by atoms with van der Waals surface area (Å²) in [6.45, 7) is 5.05. The Balaban J connectivity index is 1.58. The van der Waals surface area contributed by atoms with Gasteiger partial charge in [-0.25, -0.2) is 4.98 Å². The van der Waals surface area contributed by atoms with Crippen molar-refractivity contribution in [1.82, 2.24) is 9.88 Å². The number of rotatable bonds is 5. The van der Waals surface area contributed by atoms with Gasteiger partial charge in [0.2, 0.25) is 5.91 Å². The van der Waals surface area contributed by atoms with E-state index in [4.69, 9.17) is 5.26 Å². The Morgan fingerprint density at radius 1 is 1.26 bits per heavy atom. The highest BCUT2D eigenvalue weighted by molar-refractivity contribution is 7.98. The van der Waals surface area contributed by atoms with Crippen LogP contribution in [0.25, 0.3) is 0 Å². The average Bonchev–Trinajstić information content (AvgIpc) is 2.73. The van der Waals surface area contributed by atoms with E-state index in [1.54, 1.807) is 24.0 Å². The largest absolute Gasteiger partial charge is 0.354 e. The SMILES string of the molecule is CSc1ccccc1NC(=O)C(C)N1CCN(c2cc(C#N)ccn2)CC1. The van der Waals surface area contributed by atoms with E-state index in [1.807, 2.05) is 43.5 Å². The highest BCUT2D eigenvalue weighted by atomic mass is 32.2. The maximum absolute atomic E-state index is 12.7. The molecule has 1 N–H and O–H groups in total. The summed E-state index contributed by atoms with van der Waals surface area (Å²) in [4.78, 5) is 22.5. The number of nitriles is 1. The van der Waals surface area contributed by atoms with Crippen LogP contribution in [0.4, 0.5) is 11.5 Å². The van der Waals surface area contributed by atoms with E-state index in [-0.39, 0.29) is 11.9 Å². The molecule has 1 amide bonds. The number of para-hydroxylation sites is 1. The summed E-state index contributed by atoms with van der Waals surface area (Å²) in [6, 6.07) is 13.3. The van der Waals surface area contributed by atoms with Crippen LogP contribution in [0.2, 0.25) is 0 Å². The number of hydrogen-bond acceptors (Lipinski definition) is 6. The van der Waals surface area contributed by atoms with Gasteiger partial charge in [-0.05, 0) is 37.4 Å². The zero-order valence-corrected chi connectivity index (χ0v) is 16.4. The van der Waals surface area contributed by atoms with Gasteiger partial charge in [0.15, 0.2) is 0 Å². The van der Waals surface area contributed by atoms with Crippen molar-refractivity contribution in [2.75, 3.05) is 42.7 Å². The minimum absolute atomic E-state index is 0.00885. The Morgan fingerprint density at radius 3 is 2.70 bits per heavy atom. The summed E-state index contributed by atoms with van der Waals surface area (Å²) >= 11 is 1.62. The number of benzene rings is 1. The number of anilines is 2. The molecule has 1 aromatic heterocycles. The number of hydrogen-bond donors (Lipinski definition) is 1. The average molecular weight is 382 g/mol. The van der Waals surface area contributed by atoms with Gasteiger partial charge in [0.25, 0.3) is 0 Å². The summed E-state index contributed by atoms with van der Waals surface area (Å²) in [5, 5.41) is 12.1.